The third-order valence-electron chi connectivity index (χ3n) is 1.26. The molecular formula is C10H18FNO. The van der Waals surface area contributed by atoms with Gasteiger partial charge in [0, 0.05) is 5.69 Å². The van der Waals surface area contributed by atoms with E-state index in [9.17, 15) is 0 Å². The molecule has 0 bridgehead atoms. The number of ether oxygens (including phenoxy) is 1. The van der Waals surface area contributed by atoms with E-state index in [0.717, 1.165) is 11.4 Å². The Morgan fingerprint density at radius 3 is 2.46 bits per heavy atom. The molecule has 1 heterocycles. The van der Waals surface area contributed by atoms with Crippen LogP contribution in [0.15, 0.2) is 18.3 Å². The van der Waals surface area contributed by atoms with E-state index in [2.05, 4.69) is 6.43 Å². The second-order valence-corrected chi connectivity index (χ2v) is 2.80. The molecule has 0 radical (unpaired) electrons. The number of aryl methyl sites for hydroxylation is 1. The van der Waals surface area contributed by atoms with Gasteiger partial charge in [-0.2, -0.15) is 0 Å². The SMILES string of the molecule is C.Cc1ccc(OC(C)C)cn1.[3H]F. The lowest BCUT2D eigenvalue weighted by Gasteiger charge is -2.08. The average Bonchev–Trinajstić information content (AvgIpc) is 2.12. The first-order valence-electron chi connectivity index (χ1n) is 4.15. The highest BCUT2D eigenvalue weighted by Crippen LogP contribution is 2.09. The molecule has 0 atom stereocenters. The van der Waals surface area contributed by atoms with E-state index in [-0.39, 0.29) is 13.5 Å². The molecule has 0 unspecified atom stereocenters. The third-order valence-corrected chi connectivity index (χ3v) is 1.26. The van der Waals surface area contributed by atoms with Crippen LogP contribution in [0.25, 0.3) is 0 Å². The Kier molecular flexibility index (Phi) is 5.85. The molecule has 76 valence electrons. The summed E-state index contributed by atoms with van der Waals surface area (Å²) in [5.74, 6) is 0.839. The van der Waals surface area contributed by atoms with Crippen LogP contribution in [-0.4, -0.2) is 12.5 Å². The molecule has 1 aromatic heterocycles. The average molecular weight is 189 g/mol. The first-order valence-corrected chi connectivity index (χ1v) is 3.78. The fourth-order valence-corrected chi connectivity index (χ4v) is 0.796. The van der Waals surface area contributed by atoms with E-state index in [1.807, 2.05) is 32.9 Å². The Labute approximate surface area is 80.8 Å². The molecule has 0 aliphatic heterocycles. The maximum atomic E-state index is 8.75. The molecule has 3 heteroatoms. The van der Waals surface area contributed by atoms with E-state index >= 15 is 0 Å². The second-order valence-electron chi connectivity index (χ2n) is 2.80. The topological polar surface area (TPSA) is 22.1 Å². The third kappa shape index (κ3) is 5.17. The monoisotopic (exact) mass is 189 g/mol. The molecule has 1 aromatic rings. The zero-order chi connectivity index (χ0) is 10.3. The number of rotatable bonds is 2. The molecule has 13 heavy (non-hydrogen) atoms. The molecule has 0 saturated heterocycles. The molecule has 1 rings (SSSR count). The van der Waals surface area contributed by atoms with Crippen molar-refractivity contribution in [1.82, 2.24) is 4.98 Å². The minimum Gasteiger partial charge on any atom is -0.489 e. The zero-order valence-corrected chi connectivity index (χ0v) is 7.54. The summed E-state index contributed by atoms with van der Waals surface area (Å²) in [6.45, 7) is 5.96. The van der Waals surface area contributed by atoms with Crippen molar-refractivity contribution in [3.63, 3.8) is 0 Å². The molecule has 0 aliphatic rings. The van der Waals surface area contributed by atoms with E-state index in [0.29, 0.717) is 0 Å². The van der Waals surface area contributed by atoms with Crippen LogP contribution >= 0.6 is 0 Å². The summed E-state index contributed by atoms with van der Waals surface area (Å²) in [5.41, 5.74) is 1.01. The normalized spacial score (nSPS) is 9.15. The number of halogens is 1. The van der Waals surface area contributed by atoms with Crippen LogP contribution < -0.4 is 4.74 Å². The van der Waals surface area contributed by atoms with Crippen molar-refractivity contribution in [2.75, 3.05) is 0 Å². The van der Waals surface area contributed by atoms with Crippen molar-refractivity contribution in [2.45, 2.75) is 34.3 Å². The minimum absolute atomic E-state index is 0. The van der Waals surface area contributed by atoms with Crippen molar-refractivity contribution >= 4 is 0 Å². The van der Waals surface area contributed by atoms with Crippen molar-refractivity contribution in [3.8, 4) is 5.75 Å². The van der Waals surface area contributed by atoms with Crippen molar-refractivity contribution < 1.29 is 9.45 Å². The van der Waals surface area contributed by atoms with Crippen molar-refractivity contribution in [2.24, 2.45) is 0 Å². The van der Waals surface area contributed by atoms with Gasteiger partial charge in [0.25, 0.3) is 1.45 Å². The second kappa shape index (κ2) is 6.40. The number of pyridine rings is 1. The fraction of sp³-hybridized carbons (Fsp3) is 0.500. The number of aromatic nitrogens is 1. The fourth-order valence-electron chi connectivity index (χ4n) is 0.796. The summed E-state index contributed by atoms with van der Waals surface area (Å²) >= 11 is 0. The van der Waals surface area contributed by atoms with E-state index in [1.165, 1.54) is 0 Å². The highest BCUT2D eigenvalue weighted by molar-refractivity contribution is 5.19. The van der Waals surface area contributed by atoms with Crippen LogP contribution in [0, 0.1) is 6.92 Å². The lowest BCUT2D eigenvalue weighted by molar-refractivity contribution is 0.241. The molecule has 0 N–H and O–H groups in total. The molecule has 0 aromatic carbocycles. The van der Waals surface area contributed by atoms with E-state index in [1.54, 1.807) is 6.20 Å². The predicted octanol–water partition coefficient (Wildman–Crippen LogP) is 2.97. The van der Waals surface area contributed by atoms with Gasteiger partial charge in [0.15, 0.2) is 0 Å². The number of hydrogen-bond donors (Lipinski definition) is 0. The first-order chi connectivity index (χ1) is 6.18. The van der Waals surface area contributed by atoms with E-state index < -0.39 is 0 Å². The summed E-state index contributed by atoms with van der Waals surface area (Å²) in [6, 6.07) is 3.88. The maximum absolute atomic E-state index is 8.75. The summed E-state index contributed by atoms with van der Waals surface area (Å²) in [4.78, 5) is 4.11. The van der Waals surface area contributed by atoms with Gasteiger partial charge in [0.2, 0.25) is 0 Å². The summed E-state index contributed by atoms with van der Waals surface area (Å²) in [7, 11) is 0. The smallest absolute Gasteiger partial charge is 0.269 e. The van der Waals surface area contributed by atoms with Crippen LogP contribution in [0.5, 0.6) is 5.75 Å². The Hall–Kier alpha value is -1.12. The molecule has 2 nitrogen and oxygen atoms in total. The Balaban J connectivity index is 0. The highest BCUT2D eigenvalue weighted by Gasteiger charge is 1.95. The molecule has 0 fully saturated rings. The van der Waals surface area contributed by atoms with Gasteiger partial charge in [0.05, 0.1) is 12.3 Å². The Morgan fingerprint density at radius 1 is 1.46 bits per heavy atom. The van der Waals surface area contributed by atoms with Gasteiger partial charge in [-0.05, 0) is 32.9 Å². The molecular weight excluding hydrogens is 169 g/mol. The van der Waals surface area contributed by atoms with Crippen LogP contribution in [0.3, 0.4) is 0 Å². The predicted molar refractivity (Wildman–Crippen MR) is 54.0 cm³/mol. The van der Waals surface area contributed by atoms with Crippen LogP contribution in [0.2, 0.25) is 0 Å². The van der Waals surface area contributed by atoms with E-state index in [4.69, 9.17) is 9.45 Å². The number of hydrogen-bond acceptors (Lipinski definition) is 2. The molecule has 0 aliphatic carbocycles. The molecule has 0 spiro atoms. The standard InChI is InChI=1S/C9H13NO.CH4.FH/c1-7(2)11-9-5-4-8(3)10-6-9;;/h4-7H,1-3H3;1H4;1H/i/hT. The van der Waals surface area contributed by atoms with Crippen molar-refractivity contribution in [1.29, 1.82) is 1.45 Å². The summed E-state index contributed by atoms with van der Waals surface area (Å²) < 4.78 is 18.4. The lowest BCUT2D eigenvalue weighted by Crippen LogP contribution is -2.05. The van der Waals surface area contributed by atoms with Gasteiger partial charge >= 0.3 is 0 Å². The number of nitrogens with zero attached hydrogens (tertiary/aromatic N) is 1. The first kappa shape index (κ1) is 11.9. The summed E-state index contributed by atoms with van der Waals surface area (Å²) in [5, 5.41) is 0. The van der Waals surface area contributed by atoms with Gasteiger partial charge in [-0.1, -0.05) is 7.43 Å². The quantitative estimate of drug-likeness (QED) is 0.713. The van der Waals surface area contributed by atoms with Gasteiger partial charge in [-0.3, -0.25) is 9.70 Å². The maximum Gasteiger partial charge on any atom is 0.269 e. The van der Waals surface area contributed by atoms with Crippen molar-refractivity contribution in [3.05, 3.63) is 24.0 Å². The lowest BCUT2D eigenvalue weighted by atomic mass is 10.3. The minimum atomic E-state index is 0. The Bertz CT molecular complexity index is 226. The summed E-state index contributed by atoms with van der Waals surface area (Å²) in [6.07, 6.45) is 1.97. The highest BCUT2D eigenvalue weighted by atomic mass is 19.0. The van der Waals surface area contributed by atoms with Gasteiger partial charge in [-0.25, -0.2) is 0 Å². The molecule has 0 saturated carbocycles. The van der Waals surface area contributed by atoms with Crippen LogP contribution in [0.4, 0.5) is 4.72 Å². The molecule has 0 amide bonds. The largest absolute Gasteiger partial charge is 0.489 e. The van der Waals surface area contributed by atoms with Gasteiger partial charge < -0.3 is 4.74 Å². The zero-order valence-electron chi connectivity index (χ0n) is 8.54. The van der Waals surface area contributed by atoms with Crippen LogP contribution in [0.1, 0.15) is 27.0 Å². The van der Waals surface area contributed by atoms with Gasteiger partial charge in [0.1, 0.15) is 5.75 Å². The Morgan fingerprint density at radius 2 is 2.08 bits per heavy atom. The van der Waals surface area contributed by atoms with Gasteiger partial charge in [-0.15, -0.1) is 0 Å². The van der Waals surface area contributed by atoms with Crippen LogP contribution in [-0.2, 0) is 0 Å².